The van der Waals surface area contributed by atoms with Crippen molar-refractivity contribution in [3.05, 3.63) is 0 Å². The molecule has 15 heavy (non-hydrogen) atoms. The Bertz CT molecular complexity index is 175. The highest BCUT2D eigenvalue weighted by molar-refractivity contribution is 8.00. The summed E-state index contributed by atoms with van der Waals surface area (Å²) < 4.78 is 0.205. The van der Waals surface area contributed by atoms with E-state index >= 15 is 0 Å². The first-order chi connectivity index (χ1) is 7.14. The van der Waals surface area contributed by atoms with Gasteiger partial charge in [0.1, 0.15) is 0 Å². The third-order valence-electron chi connectivity index (χ3n) is 2.87. The van der Waals surface area contributed by atoms with Crippen molar-refractivity contribution < 1.29 is 4.79 Å². The smallest absolute Gasteiger partial charge is 0.220 e. The summed E-state index contributed by atoms with van der Waals surface area (Å²) in [5, 5.41) is 2.99. The van der Waals surface area contributed by atoms with Gasteiger partial charge in [-0.05, 0) is 25.5 Å². The highest BCUT2D eigenvalue weighted by atomic mass is 35.5. The Morgan fingerprint density at radius 1 is 1.40 bits per heavy atom. The maximum Gasteiger partial charge on any atom is 0.220 e. The molecule has 0 aromatic carbocycles. The van der Waals surface area contributed by atoms with Crippen molar-refractivity contribution in [1.29, 1.82) is 0 Å². The zero-order chi connectivity index (χ0) is 11.7. The molecule has 4 heteroatoms. The van der Waals surface area contributed by atoms with Gasteiger partial charge in [0.15, 0.2) is 0 Å². The van der Waals surface area contributed by atoms with Gasteiger partial charge >= 0.3 is 0 Å². The Balaban J connectivity index is 3.93. The van der Waals surface area contributed by atoms with Gasteiger partial charge in [-0.1, -0.05) is 13.8 Å². The van der Waals surface area contributed by atoms with E-state index in [-0.39, 0.29) is 10.7 Å². The minimum atomic E-state index is 0.121. The van der Waals surface area contributed by atoms with E-state index in [2.05, 4.69) is 25.4 Å². The minimum absolute atomic E-state index is 0.121. The molecule has 0 aromatic heterocycles. The Morgan fingerprint density at radius 3 is 2.40 bits per heavy atom. The van der Waals surface area contributed by atoms with Crippen molar-refractivity contribution >= 4 is 29.3 Å². The molecule has 0 aliphatic rings. The van der Waals surface area contributed by atoms with Crippen LogP contribution in [-0.4, -0.2) is 29.3 Å². The number of rotatable bonds is 8. The maximum absolute atomic E-state index is 11.4. The molecule has 0 heterocycles. The van der Waals surface area contributed by atoms with Crippen LogP contribution in [0.4, 0.5) is 0 Å². The predicted molar refractivity (Wildman–Crippen MR) is 69.8 cm³/mol. The van der Waals surface area contributed by atoms with Crippen molar-refractivity contribution in [3.8, 4) is 0 Å². The van der Waals surface area contributed by atoms with E-state index in [9.17, 15) is 4.79 Å². The second kappa shape index (κ2) is 8.28. The molecule has 0 saturated heterocycles. The summed E-state index contributed by atoms with van der Waals surface area (Å²) in [5.74, 6) is 0.679. The molecule has 0 aliphatic carbocycles. The van der Waals surface area contributed by atoms with Gasteiger partial charge in [0.25, 0.3) is 0 Å². The van der Waals surface area contributed by atoms with Crippen LogP contribution >= 0.6 is 23.4 Å². The van der Waals surface area contributed by atoms with Gasteiger partial charge < -0.3 is 5.32 Å². The van der Waals surface area contributed by atoms with Gasteiger partial charge in [0.05, 0.1) is 0 Å². The SMILES string of the molecule is CCC(CC)(CNC(=O)CCCCl)SC. The van der Waals surface area contributed by atoms with Crippen LogP contribution in [0, 0.1) is 0 Å². The van der Waals surface area contributed by atoms with Crippen molar-refractivity contribution in [2.75, 3.05) is 18.7 Å². The Labute approximate surface area is 103 Å². The zero-order valence-electron chi connectivity index (χ0n) is 9.94. The van der Waals surface area contributed by atoms with Crippen LogP contribution in [0.3, 0.4) is 0 Å². The third-order valence-corrected chi connectivity index (χ3v) is 4.72. The number of nitrogens with one attached hydrogen (secondary N) is 1. The first-order valence-electron chi connectivity index (χ1n) is 5.52. The highest BCUT2D eigenvalue weighted by Gasteiger charge is 2.25. The van der Waals surface area contributed by atoms with Crippen LogP contribution in [0.1, 0.15) is 39.5 Å². The van der Waals surface area contributed by atoms with Crippen molar-refractivity contribution in [2.45, 2.75) is 44.3 Å². The molecule has 0 aliphatic heterocycles. The van der Waals surface area contributed by atoms with Crippen LogP contribution in [0.15, 0.2) is 0 Å². The first-order valence-corrected chi connectivity index (χ1v) is 7.28. The van der Waals surface area contributed by atoms with E-state index in [4.69, 9.17) is 11.6 Å². The second-order valence-corrected chi connectivity index (χ2v) is 5.32. The van der Waals surface area contributed by atoms with E-state index in [0.717, 1.165) is 25.8 Å². The Morgan fingerprint density at radius 2 is 2.00 bits per heavy atom. The van der Waals surface area contributed by atoms with Crippen molar-refractivity contribution in [1.82, 2.24) is 5.32 Å². The van der Waals surface area contributed by atoms with E-state index in [1.807, 2.05) is 11.8 Å². The van der Waals surface area contributed by atoms with E-state index < -0.39 is 0 Å². The summed E-state index contributed by atoms with van der Waals surface area (Å²) in [4.78, 5) is 11.4. The van der Waals surface area contributed by atoms with Gasteiger partial charge in [0.2, 0.25) is 5.91 Å². The predicted octanol–water partition coefficient (Wildman–Crippen LogP) is 3.04. The monoisotopic (exact) mass is 251 g/mol. The standard InChI is InChI=1S/C11H22ClNOS/c1-4-11(5-2,15-3)9-13-10(14)7-6-8-12/h4-9H2,1-3H3,(H,13,14). The van der Waals surface area contributed by atoms with Crippen LogP contribution in [-0.2, 0) is 4.79 Å². The average molecular weight is 252 g/mol. The van der Waals surface area contributed by atoms with E-state index in [1.165, 1.54) is 0 Å². The molecule has 0 bridgehead atoms. The normalized spacial score (nSPS) is 11.5. The Kier molecular flexibility index (Phi) is 8.34. The average Bonchev–Trinajstić information content (AvgIpc) is 2.29. The number of amides is 1. The van der Waals surface area contributed by atoms with Crippen LogP contribution in [0.25, 0.3) is 0 Å². The van der Waals surface area contributed by atoms with E-state index in [1.54, 1.807) is 0 Å². The summed E-state index contributed by atoms with van der Waals surface area (Å²) >= 11 is 7.38. The molecule has 0 atom stereocenters. The lowest BCUT2D eigenvalue weighted by molar-refractivity contribution is -0.121. The molecule has 0 radical (unpaired) electrons. The number of carbonyl (C=O) groups is 1. The largest absolute Gasteiger partial charge is 0.355 e. The number of thioether (sulfide) groups is 1. The number of hydrogen-bond donors (Lipinski definition) is 1. The fourth-order valence-corrected chi connectivity index (χ4v) is 2.36. The highest BCUT2D eigenvalue weighted by Crippen LogP contribution is 2.29. The van der Waals surface area contributed by atoms with Gasteiger partial charge in [0, 0.05) is 23.6 Å². The van der Waals surface area contributed by atoms with Crippen LogP contribution in [0.2, 0.25) is 0 Å². The Hall–Kier alpha value is 0.110. The van der Waals surface area contributed by atoms with Gasteiger partial charge in [-0.2, -0.15) is 11.8 Å². The van der Waals surface area contributed by atoms with Gasteiger partial charge in [-0.15, -0.1) is 11.6 Å². The number of halogens is 1. The molecule has 0 unspecified atom stereocenters. The molecule has 1 amide bonds. The molecule has 0 spiro atoms. The summed E-state index contributed by atoms with van der Waals surface area (Å²) in [6, 6.07) is 0. The molecule has 2 nitrogen and oxygen atoms in total. The topological polar surface area (TPSA) is 29.1 Å². The van der Waals surface area contributed by atoms with Crippen LogP contribution in [0.5, 0.6) is 0 Å². The van der Waals surface area contributed by atoms with Gasteiger partial charge in [-0.25, -0.2) is 0 Å². The van der Waals surface area contributed by atoms with E-state index in [0.29, 0.717) is 12.3 Å². The molecular weight excluding hydrogens is 230 g/mol. The quantitative estimate of drug-likeness (QED) is 0.672. The maximum atomic E-state index is 11.4. The summed E-state index contributed by atoms with van der Waals surface area (Å²) in [6.07, 6.45) is 5.58. The molecule has 1 N–H and O–H groups in total. The van der Waals surface area contributed by atoms with Crippen molar-refractivity contribution in [2.24, 2.45) is 0 Å². The lowest BCUT2D eigenvalue weighted by atomic mass is 10.0. The van der Waals surface area contributed by atoms with Gasteiger partial charge in [-0.3, -0.25) is 4.79 Å². The molecule has 0 rings (SSSR count). The lowest BCUT2D eigenvalue weighted by Crippen LogP contribution is -2.39. The molecular formula is C11H22ClNOS. The first kappa shape index (κ1) is 15.1. The number of alkyl halides is 1. The fraction of sp³-hybridized carbons (Fsp3) is 0.909. The second-order valence-electron chi connectivity index (χ2n) is 3.66. The lowest BCUT2D eigenvalue weighted by Gasteiger charge is -2.29. The number of hydrogen-bond acceptors (Lipinski definition) is 2. The third kappa shape index (κ3) is 5.67. The van der Waals surface area contributed by atoms with Crippen LogP contribution < -0.4 is 5.32 Å². The molecule has 90 valence electrons. The molecule has 0 saturated carbocycles. The molecule has 0 fully saturated rings. The summed E-state index contributed by atoms with van der Waals surface area (Å²) in [6.45, 7) is 5.11. The summed E-state index contributed by atoms with van der Waals surface area (Å²) in [7, 11) is 0. The van der Waals surface area contributed by atoms with Crippen molar-refractivity contribution in [3.63, 3.8) is 0 Å². The molecule has 0 aromatic rings. The zero-order valence-corrected chi connectivity index (χ0v) is 11.5. The minimum Gasteiger partial charge on any atom is -0.355 e. The number of carbonyl (C=O) groups excluding carboxylic acids is 1. The fourth-order valence-electron chi connectivity index (χ4n) is 1.44. The summed E-state index contributed by atoms with van der Waals surface area (Å²) in [5.41, 5.74) is 0.